The Kier molecular flexibility index (Phi) is 12.5. The maximum atomic E-state index is 14.7. The van der Waals surface area contributed by atoms with E-state index in [2.05, 4.69) is 39.6 Å². The summed E-state index contributed by atoms with van der Waals surface area (Å²) in [4.78, 5) is 74.5. The zero-order valence-corrected chi connectivity index (χ0v) is 36.6. The van der Waals surface area contributed by atoms with E-state index in [4.69, 9.17) is 14.7 Å². The Morgan fingerprint density at radius 2 is 1.15 bits per heavy atom. The van der Waals surface area contributed by atoms with Crippen molar-refractivity contribution in [1.29, 1.82) is 0 Å². The van der Waals surface area contributed by atoms with E-state index in [1.54, 1.807) is 41.6 Å². The minimum Gasteiger partial charge on any atom is -0.465 e. The number of carbonyl (C=O) groups excluding carboxylic acids is 3. The molecule has 0 radical (unpaired) electrons. The minimum absolute atomic E-state index is 0.232. The number of rotatable bonds is 12. The van der Waals surface area contributed by atoms with Crippen molar-refractivity contribution in [3.05, 3.63) is 180 Å². The molecule has 0 aliphatic carbocycles. The van der Waals surface area contributed by atoms with Crippen LogP contribution < -0.4 is 5.32 Å². The summed E-state index contributed by atoms with van der Waals surface area (Å²) in [5.41, 5.74) is 7.84. The molecule has 7 aromatic rings. The summed E-state index contributed by atoms with van der Waals surface area (Å²) in [5.74, 6) is 0.801. The second kappa shape index (κ2) is 19.0. The third-order valence-electron chi connectivity index (χ3n) is 12.8. The quantitative estimate of drug-likeness (QED) is 0.0938. The van der Waals surface area contributed by atoms with Gasteiger partial charge in [-0.1, -0.05) is 140 Å². The van der Waals surface area contributed by atoms with Crippen molar-refractivity contribution in [3.8, 4) is 33.6 Å². The van der Waals surface area contributed by atoms with Crippen molar-refractivity contribution >= 4 is 24.0 Å². The van der Waals surface area contributed by atoms with Crippen LogP contribution >= 0.6 is 0 Å². The van der Waals surface area contributed by atoms with Crippen LogP contribution in [0.5, 0.6) is 0 Å². The summed E-state index contributed by atoms with van der Waals surface area (Å²) >= 11 is 0. The van der Waals surface area contributed by atoms with Crippen LogP contribution in [0.3, 0.4) is 0 Å². The topological polar surface area (TPSA) is 177 Å². The molecule has 4 N–H and O–H groups in total. The van der Waals surface area contributed by atoms with Crippen LogP contribution in [0.15, 0.2) is 152 Å². The second-order valence-electron chi connectivity index (χ2n) is 16.7. The normalized spacial score (nSPS) is 17.8. The van der Waals surface area contributed by atoms with Crippen LogP contribution in [0.1, 0.15) is 84.2 Å². The lowest BCUT2D eigenvalue weighted by molar-refractivity contribution is -0.138. The monoisotopic (exact) mass is 882 g/mol. The van der Waals surface area contributed by atoms with Crippen LogP contribution in [0.4, 0.5) is 9.59 Å². The standard InChI is InChI=1S/C52H50N8O6/c1-58(52(64)65)46(39-17-10-5-11-18-39)50(62)59-30-12-19-43(59)47-53-31-40(55-47)35-24-20-33(21-25-35)34-22-26-36(27-23-34)41-32-54-48(56-41)44-29-28-42(37-13-6-3-7-14-37)60(44)49(61)45(57-51(63)66-2)38-15-8-4-9-16-38/h3-11,13-18,20-27,31-32,42-46H,12,19,28-30H2,1-2H3,(H,53,55)(H,54,56)(H,57,63)(H,64,65)/t42-,43-,44-,45-,46-/m1/s1. The lowest BCUT2D eigenvalue weighted by Crippen LogP contribution is -2.43. The number of aromatic amines is 2. The first-order valence-electron chi connectivity index (χ1n) is 22.1. The Morgan fingerprint density at radius 1 is 0.652 bits per heavy atom. The molecular weight excluding hydrogens is 833 g/mol. The molecule has 66 heavy (non-hydrogen) atoms. The first kappa shape index (κ1) is 43.3. The van der Waals surface area contributed by atoms with Gasteiger partial charge in [-0.15, -0.1) is 0 Å². The number of benzene rings is 5. The van der Waals surface area contributed by atoms with Crippen LogP contribution in [-0.4, -0.2) is 84.4 Å². The molecule has 2 saturated heterocycles. The van der Waals surface area contributed by atoms with Crippen molar-refractivity contribution in [2.75, 3.05) is 20.7 Å². The maximum absolute atomic E-state index is 14.7. The Bertz CT molecular complexity index is 2800. The molecular formula is C52H50N8O6. The highest BCUT2D eigenvalue weighted by Gasteiger charge is 2.43. The Labute approximate surface area is 382 Å². The van der Waals surface area contributed by atoms with Crippen molar-refractivity contribution in [3.63, 3.8) is 0 Å². The lowest BCUT2D eigenvalue weighted by atomic mass is 10.0. The number of H-pyrrole nitrogens is 2. The van der Waals surface area contributed by atoms with E-state index in [-0.39, 0.29) is 29.9 Å². The van der Waals surface area contributed by atoms with Gasteiger partial charge in [0.1, 0.15) is 23.7 Å². The summed E-state index contributed by atoms with van der Waals surface area (Å²) in [7, 11) is 2.71. The number of carbonyl (C=O) groups is 4. The average molecular weight is 883 g/mol. The number of hydrogen-bond acceptors (Lipinski definition) is 7. The fraction of sp³-hybridized carbons (Fsp3) is 0.231. The number of nitrogens with zero attached hydrogens (tertiary/aromatic N) is 5. The number of amides is 4. The highest BCUT2D eigenvalue weighted by Crippen LogP contribution is 2.45. The van der Waals surface area contributed by atoms with E-state index in [0.29, 0.717) is 42.2 Å². The fourth-order valence-corrected chi connectivity index (χ4v) is 9.39. The number of likely N-dealkylation sites (tertiary alicyclic amines) is 2. The van der Waals surface area contributed by atoms with Crippen molar-refractivity contribution in [2.45, 2.75) is 55.9 Å². The van der Waals surface area contributed by atoms with E-state index in [1.165, 1.54) is 14.2 Å². The molecule has 2 aliphatic heterocycles. The van der Waals surface area contributed by atoms with Gasteiger partial charge in [-0.25, -0.2) is 19.6 Å². The van der Waals surface area contributed by atoms with E-state index < -0.39 is 24.3 Å². The van der Waals surface area contributed by atoms with Gasteiger partial charge in [-0.05, 0) is 64.6 Å². The van der Waals surface area contributed by atoms with E-state index in [0.717, 1.165) is 56.9 Å². The molecule has 4 heterocycles. The molecule has 0 spiro atoms. The van der Waals surface area contributed by atoms with E-state index in [1.807, 2.05) is 95.9 Å². The summed E-state index contributed by atoms with van der Waals surface area (Å²) in [6, 6.07) is 41.7. The number of imidazole rings is 2. The molecule has 9 rings (SSSR count). The number of methoxy groups -OCH3 is 1. The number of alkyl carbamates (subject to hydrolysis) is 1. The number of carboxylic acid groups (broad SMARTS) is 1. The minimum atomic E-state index is -1.18. The molecule has 4 amide bonds. The molecule has 0 saturated carbocycles. The number of aromatic nitrogens is 4. The highest BCUT2D eigenvalue weighted by molar-refractivity contribution is 5.88. The number of hydrogen-bond donors (Lipinski definition) is 4. The van der Waals surface area contributed by atoms with Crippen LogP contribution in [0, 0.1) is 0 Å². The third kappa shape index (κ3) is 8.77. The molecule has 0 bridgehead atoms. The second-order valence-corrected chi connectivity index (χ2v) is 16.7. The summed E-state index contributed by atoms with van der Waals surface area (Å²) < 4.78 is 4.94. The molecule has 14 nitrogen and oxygen atoms in total. The third-order valence-corrected chi connectivity index (χ3v) is 12.8. The van der Waals surface area contributed by atoms with Gasteiger partial charge in [-0.2, -0.15) is 0 Å². The summed E-state index contributed by atoms with van der Waals surface area (Å²) in [6.07, 6.45) is 4.59. The van der Waals surface area contributed by atoms with Gasteiger partial charge in [0.25, 0.3) is 11.8 Å². The molecule has 5 atom stereocenters. The van der Waals surface area contributed by atoms with Crippen LogP contribution in [0.2, 0.25) is 0 Å². The largest absolute Gasteiger partial charge is 0.465 e. The zero-order valence-electron chi connectivity index (χ0n) is 36.6. The molecule has 2 fully saturated rings. The summed E-state index contributed by atoms with van der Waals surface area (Å²) in [5, 5.41) is 12.6. The van der Waals surface area contributed by atoms with Gasteiger partial charge in [0.2, 0.25) is 0 Å². The average Bonchev–Trinajstić information content (AvgIpc) is 4.21. The van der Waals surface area contributed by atoms with E-state index in [9.17, 15) is 24.3 Å². The zero-order chi connectivity index (χ0) is 45.7. The van der Waals surface area contributed by atoms with Crippen molar-refractivity contribution in [2.24, 2.45) is 0 Å². The molecule has 2 aliphatic rings. The predicted octanol–water partition coefficient (Wildman–Crippen LogP) is 9.65. The number of ether oxygens (including phenoxy) is 1. The highest BCUT2D eigenvalue weighted by atomic mass is 16.5. The van der Waals surface area contributed by atoms with Gasteiger partial charge in [-0.3, -0.25) is 14.5 Å². The van der Waals surface area contributed by atoms with Crippen LogP contribution in [0.25, 0.3) is 33.6 Å². The summed E-state index contributed by atoms with van der Waals surface area (Å²) in [6.45, 7) is 0.508. The van der Waals surface area contributed by atoms with Crippen molar-refractivity contribution < 1.29 is 29.0 Å². The van der Waals surface area contributed by atoms with Gasteiger partial charge in [0, 0.05) is 13.6 Å². The number of likely N-dealkylation sites (N-methyl/N-ethyl adjacent to an activating group) is 1. The molecule has 334 valence electrons. The fourth-order valence-electron chi connectivity index (χ4n) is 9.39. The SMILES string of the molecule is COC(=O)N[C@@H](C(=O)N1[C@@H](c2ccccc2)CC[C@@H]1c1ncc(-c2ccc(-c3ccc(-c4cnc([C@H]5CCCN5C(=O)[C@@H](c5ccccc5)N(C)C(=O)O)[nH]4)cc3)cc2)[nH]1)c1ccccc1. The first-order chi connectivity index (χ1) is 32.2. The van der Waals surface area contributed by atoms with Gasteiger partial charge in [0.15, 0.2) is 0 Å². The van der Waals surface area contributed by atoms with Crippen LogP contribution in [-0.2, 0) is 14.3 Å². The Hall–Kier alpha value is -8.00. The van der Waals surface area contributed by atoms with Gasteiger partial charge >= 0.3 is 12.2 Å². The molecule has 14 heteroatoms. The van der Waals surface area contributed by atoms with Crippen molar-refractivity contribution in [1.82, 2.24) is 40.0 Å². The van der Waals surface area contributed by atoms with Gasteiger partial charge < -0.3 is 34.9 Å². The molecule has 5 aromatic carbocycles. The maximum Gasteiger partial charge on any atom is 0.407 e. The first-order valence-corrected chi connectivity index (χ1v) is 22.1. The Morgan fingerprint density at radius 3 is 1.70 bits per heavy atom. The van der Waals surface area contributed by atoms with Gasteiger partial charge in [0.05, 0.1) is 49.0 Å². The smallest absolute Gasteiger partial charge is 0.407 e. The lowest BCUT2D eigenvalue weighted by Gasteiger charge is -2.33. The van der Waals surface area contributed by atoms with E-state index >= 15 is 0 Å². The number of nitrogens with one attached hydrogen (secondary N) is 3. The predicted molar refractivity (Wildman–Crippen MR) is 248 cm³/mol. The Balaban J connectivity index is 0.902. The molecule has 0 unspecified atom stereocenters. The molecule has 2 aromatic heterocycles.